The number of aromatic nitrogens is 2. The second kappa shape index (κ2) is 4.18. The summed E-state index contributed by atoms with van der Waals surface area (Å²) in [6.07, 6.45) is 1.75. The van der Waals surface area contributed by atoms with E-state index in [1.807, 2.05) is 23.6 Å². The lowest BCUT2D eigenvalue weighted by molar-refractivity contribution is -0.0859. The highest BCUT2D eigenvalue weighted by atomic mass is 32.1. The zero-order chi connectivity index (χ0) is 11.7. The summed E-state index contributed by atoms with van der Waals surface area (Å²) >= 11 is 1.55. The molecule has 1 fully saturated rings. The van der Waals surface area contributed by atoms with E-state index >= 15 is 0 Å². The molecule has 0 radical (unpaired) electrons. The van der Waals surface area contributed by atoms with E-state index in [2.05, 4.69) is 9.97 Å². The molecule has 0 atom stereocenters. The third-order valence-corrected chi connectivity index (χ3v) is 3.86. The first-order valence-corrected chi connectivity index (χ1v) is 6.28. The Morgan fingerprint density at radius 2 is 2.29 bits per heavy atom. The number of aliphatic hydroxyl groups is 1. The summed E-state index contributed by atoms with van der Waals surface area (Å²) in [6, 6.07) is 5.76. The maximum atomic E-state index is 9.44. The average Bonchev–Trinajstić information content (AvgIpc) is 2.80. The van der Waals surface area contributed by atoms with Crippen LogP contribution in [0.15, 0.2) is 29.8 Å². The molecule has 17 heavy (non-hydrogen) atoms. The molecule has 3 heterocycles. The van der Waals surface area contributed by atoms with Crippen LogP contribution in [0.1, 0.15) is 5.69 Å². The molecule has 0 bridgehead atoms. The van der Waals surface area contributed by atoms with Gasteiger partial charge in [-0.1, -0.05) is 6.07 Å². The first-order valence-electron chi connectivity index (χ1n) is 5.40. The summed E-state index contributed by atoms with van der Waals surface area (Å²) in [6.45, 7) is 1.18. The fourth-order valence-corrected chi connectivity index (χ4v) is 2.71. The van der Waals surface area contributed by atoms with Gasteiger partial charge in [-0.15, -0.1) is 11.3 Å². The minimum Gasteiger partial charge on any atom is -0.395 e. The Labute approximate surface area is 103 Å². The molecule has 1 aliphatic heterocycles. The molecule has 2 aromatic heterocycles. The molecule has 1 N–H and O–H groups in total. The number of nitrogens with zero attached hydrogens (tertiary/aromatic N) is 2. The van der Waals surface area contributed by atoms with Gasteiger partial charge in [0.05, 0.1) is 36.6 Å². The van der Waals surface area contributed by atoms with Gasteiger partial charge < -0.3 is 9.84 Å². The fraction of sp³-hybridized carbons (Fsp3) is 0.333. The van der Waals surface area contributed by atoms with Crippen molar-refractivity contribution in [3.63, 3.8) is 0 Å². The highest BCUT2D eigenvalue weighted by Crippen LogP contribution is 2.34. The van der Waals surface area contributed by atoms with E-state index < -0.39 is 0 Å². The molecule has 88 valence electrons. The predicted octanol–water partition coefficient (Wildman–Crippen LogP) is 1.47. The van der Waals surface area contributed by atoms with Crippen LogP contribution in [0.25, 0.3) is 10.7 Å². The van der Waals surface area contributed by atoms with Gasteiger partial charge in [0.15, 0.2) is 0 Å². The molecule has 5 heteroatoms. The van der Waals surface area contributed by atoms with Crippen LogP contribution in [0, 0.1) is 0 Å². The summed E-state index contributed by atoms with van der Waals surface area (Å²) in [5.74, 6) is 0. The summed E-state index contributed by atoms with van der Waals surface area (Å²) in [7, 11) is 0. The van der Waals surface area contributed by atoms with Crippen LogP contribution < -0.4 is 0 Å². The Bertz CT molecular complexity index is 503. The van der Waals surface area contributed by atoms with Crippen LogP contribution in [0.3, 0.4) is 0 Å². The molecule has 4 nitrogen and oxygen atoms in total. The van der Waals surface area contributed by atoms with Crippen molar-refractivity contribution in [2.24, 2.45) is 0 Å². The smallest absolute Gasteiger partial charge is 0.142 e. The predicted molar refractivity (Wildman–Crippen MR) is 64.9 cm³/mol. The van der Waals surface area contributed by atoms with E-state index in [0.29, 0.717) is 13.2 Å². The molecular weight excluding hydrogens is 236 g/mol. The minimum absolute atomic E-state index is 0.0817. The molecule has 0 amide bonds. The highest BCUT2D eigenvalue weighted by Gasteiger charge is 2.42. The van der Waals surface area contributed by atoms with Crippen molar-refractivity contribution in [1.82, 2.24) is 9.97 Å². The first kappa shape index (κ1) is 10.8. The molecule has 2 aromatic rings. The van der Waals surface area contributed by atoms with Crippen molar-refractivity contribution in [2.45, 2.75) is 5.41 Å². The van der Waals surface area contributed by atoms with Crippen molar-refractivity contribution in [3.8, 4) is 10.7 Å². The topological polar surface area (TPSA) is 55.2 Å². The number of thiazole rings is 1. The van der Waals surface area contributed by atoms with E-state index in [1.165, 1.54) is 0 Å². The zero-order valence-corrected chi connectivity index (χ0v) is 9.98. The maximum Gasteiger partial charge on any atom is 0.142 e. The largest absolute Gasteiger partial charge is 0.395 e. The first-order chi connectivity index (χ1) is 8.34. The lowest BCUT2D eigenvalue weighted by Crippen LogP contribution is -2.49. The van der Waals surface area contributed by atoms with Gasteiger partial charge in [0.1, 0.15) is 5.01 Å². The summed E-state index contributed by atoms with van der Waals surface area (Å²) in [5, 5.41) is 12.3. The number of hydrogen-bond acceptors (Lipinski definition) is 5. The van der Waals surface area contributed by atoms with E-state index in [0.717, 1.165) is 16.4 Å². The molecule has 0 spiro atoms. The van der Waals surface area contributed by atoms with Gasteiger partial charge >= 0.3 is 0 Å². The van der Waals surface area contributed by atoms with E-state index in [1.54, 1.807) is 17.5 Å². The van der Waals surface area contributed by atoms with Gasteiger partial charge in [-0.3, -0.25) is 4.98 Å². The second-order valence-electron chi connectivity index (χ2n) is 4.18. The van der Waals surface area contributed by atoms with E-state index in [4.69, 9.17) is 4.74 Å². The standard InChI is InChI=1S/C12H12N2O2S/c15-6-12(7-16-8-12)10-5-17-11(14-10)9-3-1-2-4-13-9/h1-5,15H,6-8H2. The average molecular weight is 248 g/mol. The van der Waals surface area contributed by atoms with Crippen molar-refractivity contribution < 1.29 is 9.84 Å². The van der Waals surface area contributed by atoms with Crippen molar-refractivity contribution >= 4 is 11.3 Å². The minimum atomic E-state index is -0.288. The molecule has 0 saturated carbocycles. The molecular formula is C12H12N2O2S. The third-order valence-electron chi connectivity index (χ3n) is 2.99. The monoisotopic (exact) mass is 248 g/mol. The summed E-state index contributed by atoms with van der Waals surface area (Å²) in [5.41, 5.74) is 1.50. The van der Waals surface area contributed by atoms with Crippen molar-refractivity contribution in [3.05, 3.63) is 35.5 Å². The molecule has 0 unspecified atom stereocenters. The number of aliphatic hydroxyl groups excluding tert-OH is 1. The van der Waals surface area contributed by atoms with Crippen LogP contribution in [-0.2, 0) is 10.2 Å². The number of hydrogen-bond donors (Lipinski definition) is 1. The number of rotatable bonds is 3. The van der Waals surface area contributed by atoms with E-state index in [-0.39, 0.29) is 12.0 Å². The Balaban J connectivity index is 1.93. The van der Waals surface area contributed by atoms with Crippen molar-refractivity contribution in [1.29, 1.82) is 0 Å². The normalized spacial score (nSPS) is 17.7. The molecule has 1 saturated heterocycles. The second-order valence-corrected chi connectivity index (χ2v) is 5.04. The number of pyridine rings is 1. The van der Waals surface area contributed by atoms with Gasteiger partial charge in [-0.05, 0) is 12.1 Å². The SMILES string of the molecule is OCC1(c2csc(-c3ccccn3)n2)COC1. The Kier molecular flexibility index (Phi) is 2.66. The van der Waals surface area contributed by atoms with Gasteiger partial charge in [0.25, 0.3) is 0 Å². The summed E-state index contributed by atoms with van der Waals surface area (Å²) in [4.78, 5) is 8.83. The van der Waals surface area contributed by atoms with Crippen LogP contribution in [-0.4, -0.2) is 34.9 Å². The zero-order valence-electron chi connectivity index (χ0n) is 9.17. The quantitative estimate of drug-likeness (QED) is 0.893. The van der Waals surface area contributed by atoms with Gasteiger partial charge in [0.2, 0.25) is 0 Å². The Hall–Kier alpha value is -1.30. The lowest BCUT2D eigenvalue weighted by Gasteiger charge is -2.38. The molecule has 0 aliphatic carbocycles. The molecule has 1 aliphatic rings. The lowest BCUT2D eigenvalue weighted by atomic mass is 9.84. The Morgan fingerprint density at radius 3 is 2.88 bits per heavy atom. The van der Waals surface area contributed by atoms with Gasteiger partial charge in [-0.25, -0.2) is 4.98 Å². The Morgan fingerprint density at radius 1 is 1.41 bits per heavy atom. The van der Waals surface area contributed by atoms with Crippen molar-refractivity contribution in [2.75, 3.05) is 19.8 Å². The van der Waals surface area contributed by atoms with Crippen LogP contribution >= 0.6 is 11.3 Å². The van der Waals surface area contributed by atoms with Gasteiger partial charge in [-0.2, -0.15) is 0 Å². The number of ether oxygens (including phenoxy) is 1. The van der Waals surface area contributed by atoms with E-state index in [9.17, 15) is 5.11 Å². The van der Waals surface area contributed by atoms with Crippen LogP contribution in [0.4, 0.5) is 0 Å². The van der Waals surface area contributed by atoms with Crippen LogP contribution in [0.2, 0.25) is 0 Å². The fourth-order valence-electron chi connectivity index (χ4n) is 1.79. The molecule has 0 aromatic carbocycles. The van der Waals surface area contributed by atoms with Gasteiger partial charge in [0, 0.05) is 11.6 Å². The van der Waals surface area contributed by atoms with Crippen LogP contribution in [0.5, 0.6) is 0 Å². The summed E-state index contributed by atoms with van der Waals surface area (Å²) < 4.78 is 5.19. The highest BCUT2D eigenvalue weighted by molar-refractivity contribution is 7.13. The third kappa shape index (κ3) is 1.76. The maximum absolute atomic E-state index is 9.44. The molecule has 3 rings (SSSR count).